The van der Waals surface area contributed by atoms with Gasteiger partial charge in [-0.05, 0) is 18.8 Å². The van der Waals surface area contributed by atoms with Crippen molar-refractivity contribution in [1.82, 2.24) is 4.90 Å². The van der Waals surface area contributed by atoms with Crippen LogP contribution in [-0.4, -0.2) is 43.2 Å². The first-order valence-electron chi connectivity index (χ1n) is 5.63. The third-order valence-corrected chi connectivity index (χ3v) is 2.61. The van der Waals surface area contributed by atoms with E-state index in [0.717, 1.165) is 19.4 Å². The van der Waals surface area contributed by atoms with Gasteiger partial charge in [-0.25, -0.2) is 0 Å². The third kappa shape index (κ3) is 3.47. The molecule has 0 aromatic heterocycles. The predicted molar refractivity (Wildman–Crippen MR) is 59.4 cm³/mol. The van der Waals surface area contributed by atoms with Crippen LogP contribution in [0.5, 0.6) is 0 Å². The standard InChI is InChI=1S/C11H22N2O2/c1-8(2)7-13(9-4-5-9)11(14)10(6-12)15-3/h8-10H,4-7,12H2,1-3H3. The van der Waals surface area contributed by atoms with E-state index in [1.54, 1.807) is 0 Å². The maximum atomic E-state index is 12.0. The number of amides is 1. The van der Waals surface area contributed by atoms with Crippen LogP contribution < -0.4 is 5.73 Å². The maximum absolute atomic E-state index is 12.0. The molecule has 1 aliphatic carbocycles. The molecule has 4 nitrogen and oxygen atoms in total. The number of nitrogens with two attached hydrogens (primary N) is 1. The highest BCUT2D eigenvalue weighted by molar-refractivity contribution is 5.81. The van der Waals surface area contributed by atoms with E-state index in [2.05, 4.69) is 13.8 Å². The van der Waals surface area contributed by atoms with E-state index < -0.39 is 6.10 Å². The zero-order chi connectivity index (χ0) is 11.4. The van der Waals surface area contributed by atoms with Crippen molar-refractivity contribution in [2.75, 3.05) is 20.2 Å². The van der Waals surface area contributed by atoms with E-state index in [-0.39, 0.29) is 12.5 Å². The Kier molecular flexibility index (Phi) is 4.54. The molecule has 0 radical (unpaired) electrons. The number of carbonyl (C=O) groups is 1. The molecule has 0 aromatic carbocycles. The molecule has 1 amide bonds. The molecule has 1 fully saturated rings. The van der Waals surface area contributed by atoms with Gasteiger partial charge in [0.1, 0.15) is 6.10 Å². The van der Waals surface area contributed by atoms with Crippen molar-refractivity contribution < 1.29 is 9.53 Å². The van der Waals surface area contributed by atoms with Gasteiger partial charge in [-0.2, -0.15) is 0 Å². The molecule has 1 aliphatic rings. The Balaban J connectivity index is 2.57. The van der Waals surface area contributed by atoms with Crippen LogP contribution in [0.4, 0.5) is 0 Å². The van der Waals surface area contributed by atoms with E-state index >= 15 is 0 Å². The van der Waals surface area contributed by atoms with Crippen LogP contribution in [0.1, 0.15) is 26.7 Å². The highest BCUT2D eigenvalue weighted by atomic mass is 16.5. The van der Waals surface area contributed by atoms with Crippen LogP contribution >= 0.6 is 0 Å². The van der Waals surface area contributed by atoms with Gasteiger partial charge in [0.25, 0.3) is 5.91 Å². The topological polar surface area (TPSA) is 55.6 Å². The van der Waals surface area contributed by atoms with Crippen LogP contribution in [0.3, 0.4) is 0 Å². The minimum absolute atomic E-state index is 0.0520. The molecule has 0 heterocycles. The lowest BCUT2D eigenvalue weighted by Gasteiger charge is -2.27. The number of nitrogens with zero attached hydrogens (tertiary/aromatic N) is 1. The van der Waals surface area contributed by atoms with E-state index in [9.17, 15) is 4.79 Å². The Morgan fingerprint density at radius 1 is 1.53 bits per heavy atom. The van der Waals surface area contributed by atoms with Crippen molar-refractivity contribution in [3.05, 3.63) is 0 Å². The Bertz CT molecular complexity index is 211. The first-order chi connectivity index (χ1) is 7.10. The molecular weight excluding hydrogens is 192 g/mol. The van der Waals surface area contributed by atoms with Crippen molar-refractivity contribution in [2.24, 2.45) is 11.7 Å². The zero-order valence-corrected chi connectivity index (χ0v) is 9.90. The molecule has 0 spiro atoms. The summed E-state index contributed by atoms with van der Waals surface area (Å²) >= 11 is 0. The molecule has 0 bridgehead atoms. The predicted octanol–water partition coefficient (Wildman–Crippen LogP) is 0.607. The molecule has 88 valence electrons. The average Bonchev–Trinajstić information content (AvgIpc) is 2.99. The Hall–Kier alpha value is -0.610. The molecule has 15 heavy (non-hydrogen) atoms. The lowest BCUT2D eigenvalue weighted by Crippen LogP contribution is -2.46. The van der Waals surface area contributed by atoms with Crippen molar-refractivity contribution in [3.63, 3.8) is 0 Å². The van der Waals surface area contributed by atoms with Crippen molar-refractivity contribution in [3.8, 4) is 0 Å². The highest BCUT2D eigenvalue weighted by Crippen LogP contribution is 2.28. The van der Waals surface area contributed by atoms with Gasteiger partial charge >= 0.3 is 0 Å². The van der Waals surface area contributed by atoms with Gasteiger partial charge in [0.15, 0.2) is 0 Å². The van der Waals surface area contributed by atoms with Gasteiger partial charge in [-0.15, -0.1) is 0 Å². The smallest absolute Gasteiger partial charge is 0.253 e. The number of rotatable bonds is 6. The minimum Gasteiger partial charge on any atom is -0.370 e. The fourth-order valence-electron chi connectivity index (χ4n) is 1.68. The van der Waals surface area contributed by atoms with Gasteiger partial charge in [0.2, 0.25) is 0 Å². The second kappa shape index (κ2) is 5.47. The number of carbonyl (C=O) groups excluding carboxylic acids is 1. The summed E-state index contributed by atoms with van der Waals surface area (Å²) in [6.45, 7) is 5.31. The summed E-state index contributed by atoms with van der Waals surface area (Å²) in [4.78, 5) is 14.0. The van der Waals surface area contributed by atoms with Crippen LogP contribution in [0.15, 0.2) is 0 Å². The van der Waals surface area contributed by atoms with Gasteiger partial charge in [0, 0.05) is 26.2 Å². The van der Waals surface area contributed by atoms with Crippen LogP contribution in [0.25, 0.3) is 0 Å². The molecule has 0 aromatic rings. The lowest BCUT2D eigenvalue weighted by molar-refractivity contribution is -0.142. The van der Waals surface area contributed by atoms with E-state index in [1.807, 2.05) is 4.90 Å². The van der Waals surface area contributed by atoms with Crippen LogP contribution in [0, 0.1) is 5.92 Å². The average molecular weight is 214 g/mol. The SMILES string of the molecule is COC(CN)C(=O)N(CC(C)C)C1CC1. The Morgan fingerprint density at radius 3 is 2.47 bits per heavy atom. The zero-order valence-electron chi connectivity index (χ0n) is 9.90. The summed E-state index contributed by atoms with van der Waals surface area (Å²) in [5, 5.41) is 0. The summed E-state index contributed by atoms with van der Waals surface area (Å²) in [7, 11) is 1.54. The maximum Gasteiger partial charge on any atom is 0.253 e. The Morgan fingerprint density at radius 2 is 2.13 bits per heavy atom. The molecule has 1 rings (SSSR count). The molecular formula is C11H22N2O2. The summed E-state index contributed by atoms with van der Waals surface area (Å²) in [5.74, 6) is 0.543. The fourth-order valence-corrected chi connectivity index (χ4v) is 1.68. The molecule has 1 saturated carbocycles. The summed E-state index contributed by atoms with van der Waals surface area (Å²) in [6, 6.07) is 0.434. The van der Waals surface area contributed by atoms with E-state index in [4.69, 9.17) is 10.5 Å². The van der Waals surface area contributed by atoms with Gasteiger partial charge in [-0.3, -0.25) is 4.79 Å². The third-order valence-electron chi connectivity index (χ3n) is 2.61. The van der Waals surface area contributed by atoms with Crippen molar-refractivity contribution >= 4 is 5.91 Å². The highest BCUT2D eigenvalue weighted by Gasteiger charge is 2.35. The summed E-state index contributed by atoms with van der Waals surface area (Å²) < 4.78 is 5.09. The molecule has 0 saturated heterocycles. The normalized spacial score (nSPS) is 17.9. The number of hydrogen-bond donors (Lipinski definition) is 1. The molecule has 1 atom stereocenters. The van der Waals surface area contributed by atoms with Crippen molar-refractivity contribution in [1.29, 1.82) is 0 Å². The Labute approximate surface area is 91.8 Å². The van der Waals surface area contributed by atoms with Crippen LogP contribution in [0.2, 0.25) is 0 Å². The fraction of sp³-hybridized carbons (Fsp3) is 0.909. The quantitative estimate of drug-likeness (QED) is 0.704. The minimum atomic E-state index is -0.468. The van der Waals surface area contributed by atoms with E-state index in [0.29, 0.717) is 12.0 Å². The largest absolute Gasteiger partial charge is 0.370 e. The van der Waals surface area contributed by atoms with Gasteiger partial charge in [-0.1, -0.05) is 13.8 Å². The number of methoxy groups -OCH3 is 1. The number of hydrogen-bond acceptors (Lipinski definition) is 3. The first-order valence-corrected chi connectivity index (χ1v) is 5.63. The molecule has 0 aliphatic heterocycles. The number of ether oxygens (including phenoxy) is 1. The second-order valence-corrected chi connectivity index (χ2v) is 4.58. The van der Waals surface area contributed by atoms with Gasteiger partial charge in [0.05, 0.1) is 0 Å². The van der Waals surface area contributed by atoms with Crippen LogP contribution in [-0.2, 0) is 9.53 Å². The van der Waals surface area contributed by atoms with Crippen molar-refractivity contribution in [2.45, 2.75) is 38.8 Å². The first kappa shape index (κ1) is 12.5. The summed E-state index contributed by atoms with van der Waals surface area (Å²) in [5.41, 5.74) is 5.50. The summed E-state index contributed by atoms with van der Waals surface area (Å²) in [6.07, 6.45) is 1.78. The van der Waals surface area contributed by atoms with E-state index in [1.165, 1.54) is 7.11 Å². The molecule has 1 unspecified atom stereocenters. The lowest BCUT2D eigenvalue weighted by atomic mass is 10.2. The molecule has 4 heteroatoms. The van der Waals surface area contributed by atoms with Gasteiger partial charge < -0.3 is 15.4 Å². The molecule has 2 N–H and O–H groups in total. The monoisotopic (exact) mass is 214 g/mol. The second-order valence-electron chi connectivity index (χ2n) is 4.58.